The highest BCUT2D eigenvalue weighted by Gasteiger charge is 2.40. The van der Waals surface area contributed by atoms with Crippen molar-refractivity contribution >= 4 is 131 Å². The number of rotatable bonds is 23. The van der Waals surface area contributed by atoms with Gasteiger partial charge in [-0.2, -0.15) is 0 Å². The number of urea groups is 3. The fourth-order valence-corrected chi connectivity index (χ4v) is 26.4. The van der Waals surface area contributed by atoms with Crippen molar-refractivity contribution in [2.45, 2.75) is 279 Å². The van der Waals surface area contributed by atoms with Gasteiger partial charge in [0.15, 0.2) is 29.7 Å². The van der Waals surface area contributed by atoms with E-state index in [2.05, 4.69) is 177 Å². The Morgan fingerprint density at radius 3 is 0.647 bits per heavy atom. The van der Waals surface area contributed by atoms with Crippen LogP contribution in [0.4, 0.5) is 31.4 Å². The summed E-state index contributed by atoms with van der Waals surface area (Å²) in [5.41, 5.74) is 15.5. The molecule has 36 heteroatoms. The summed E-state index contributed by atoms with van der Waals surface area (Å²) in [6.07, 6.45) is 0. The molecule has 744 valence electrons. The van der Waals surface area contributed by atoms with E-state index in [-0.39, 0.29) is 70.1 Å². The van der Waals surface area contributed by atoms with Gasteiger partial charge in [0, 0.05) is 27.7 Å². The first kappa shape index (κ1) is 119. The van der Waals surface area contributed by atoms with Crippen LogP contribution in [0.1, 0.15) is 232 Å². The van der Waals surface area contributed by atoms with Crippen molar-refractivity contribution in [1.29, 1.82) is 19.1 Å². The molecule has 0 heterocycles. The lowest BCUT2D eigenvalue weighted by molar-refractivity contribution is 0.256. The first-order chi connectivity index (χ1) is 62.3. The van der Waals surface area contributed by atoms with Gasteiger partial charge in [-0.25, -0.2) is 104 Å². The average Bonchev–Trinajstić information content (AvgIpc) is 0.795. The number of benzene rings is 10. The monoisotopic (exact) mass is 2050 g/mol. The third kappa shape index (κ3) is 37.2. The smallest absolute Gasteiger partial charge is 0.307 e. The number of halogens is 1. The number of nitrogens with one attached hydrogen (secondary N) is 12. The van der Waals surface area contributed by atoms with Crippen molar-refractivity contribution in [3.05, 3.63) is 297 Å². The Hall–Kier alpha value is -9.74. The predicted octanol–water partition coefficient (Wildman–Crippen LogP) is 25.9. The maximum absolute atomic E-state index is 12.6. The van der Waals surface area contributed by atoms with Crippen molar-refractivity contribution in [3.8, 4) is 0 Å². The molecule has 0 bridgehead atoms. The van der Waals surface area contributed by atoms with E-state index in [1.807, 2.05) is 140 Å². The van der Waals surface area contributed by atoms with Crippen molar-refractivity contribution < 1.29 is 56.5 Å². The minimum absolute atomic E-state index is 0.0230. The molecule has 0 saturated heterocycles. The molecule has 0 radical (unpaired) electrons. The van der Waals surface area contributed by atoms with Crippen LogP contribution < -0.4 is 44.0 Å². The van der Waals surface area contributed by atoms with Gasteiger partial charge in [0.1, 0.15) is 26.4 Å². The quantitative estimate of drug-likeness (QED) is 0.0209. The first-order valence-corrected chi connectivity index (χ1v) is 61.9. The largest absolute Gasteiger partial charge is 0.331 e. The van der Waals surface area contributed by atoms with E-state index in [1.54, 1.807) is 121 Å². The van der Waals surface area contributed by atoms with E-state index in [9.17, 15) is 56.5 Å². The van der Waals surface area contributed by atoms with Gasteiger partial charge in [-0.15, -0.1) is 0 Å². The van der Waals surface area contributed by atoms with E-state index in [1.165, 1.54) is 24.3 Å². The highest BCUT2D eigenvalue weighted by molar-refractivity contribution is 8.13. The lowest BCUT2D eigenvalue weighted by Gasteiger charge is -2.37. The zero-order chi connectivity index (χ0) is 104. The van der Waals surface area contributed by atoms with Crippen molar-refractivity contribution in [3.63, 3.8) is 0 Å². The lowest BCUT2D eigenvalue weighted by Crippen LogP contribution is -2.54. The summed E-state index contributed by atoms with van der Waals surface area (Å²) >= 11 is 0. The van der Waals surface area contributed by atoms with Crippen LogP contribution in [0.15, 0.2) is 259 Å². The number of carbonyl (C=O) groups excluding carboxylic acids is 3. The Labute approximate surface area is 819 Å². The van der Waals surface area contributed by atoms with Crippen molar-refractivity contribution in [2.24, 2.45) is 5.14 Å². The zero-order valence-electron chi connectivity index (χ0n) is 83.9. The van der Waals surface area contributed by atoms with Gasteiger partial charge in [-0.1, -0.05) is 329 Å². The first-order valence-electron chi connectivity index (χ1n) is 44.3. The van der Waals surface area contributed by atoms with Crippen LogP contribution >= 0.6 is 10.7 Å². The van der Waals surface area contributed by atoms with E-state index >= 15 is 0 Å². The number of amides is 6. The van der Waals surface area contributed by atoms with Crippen LogP contribution in [0, 0.1) is 67.6 Å². The molecule has 0 spiro atoms. The van der Waals surface area contributed by atoms with Crippen LogP contribution in [0.25, 0.3) is 0 Å². The van der Waals surface area contributed by atoms with Gasteiger partial charge < -0.3 is 16.0 Å². The Morgan fingerprint density at radius 2 is 0.463 bits per heavy atom. The highest BCUT2D eigenvalue weighted by Crippen LogP contribution is 2.39. The Bertz CT molecular complexity index is 5960. The van der Waals surface area contributed by atoms with E-state index in [0.717, 1.165) is 89.4 Å². The van der Waals surface area contributed by atoms with Gasteiger partial charge >= 0.3 is 18.1 Å². The number of carbonyl (C=O) groups is 3. The third-order valence-corrected chi connectivity index (χ3v) is 44.6. The van der Waals surface area contributed by atoms with E-state index in [4.69, 9.17) is 34.9 Å². The molecule has 6 amide bonds. The molecule has 0 saturated carbocycles. The molecule has 14 N–H and O–H groups in total. The molecule has 0 aliphatic carbocycles. The molecular weight excluding hydrogens is 1910 g/mol. The molecule has 4 atom stereocenters. The highest BCUT2D eigenvalue weighted by atomic mass is 35.7. The summed E-state index contributed by atoms with van der Waals surface area (Å²) in [7, 11) is -22.6. The minimum atomic E-state index is -3.55. The van der Waals surface area contributed by atoms with Crippen molar-refractivity contribution in [2.75, 3.05) is 16.0 Å². The van der Waals surface area contributed by atoms with Gasteiger partial charge in [-0.3, -0.25) is 0 Å². The van der Waals surface area contributed by atoms with Gasteiger partial charge in [0.25, 0.3) is 9.05 Å². The zero-order valence-corrected chi connectivity index (χ0v) is 92.4. The van der Waals surface area contributed by atoms with Crippen LogP contribution in [0.5, 0.6) is 0 Å². The Morgan fingerprint density at radius 1 is 0.287 bits per heavy atom. The average molecular weight is 2050 g/mol. The summed E-state index contributed by atoms with van der Waals surface area (Å²) in [5, 5.41) is 13.4. The topological polar surface area (TPSA) is 440 Å². The molecule has 4 unspecified atom stereocenters. The number of hydrogen-bond acceptors (Lipinski definition) is 17. The molecule has 0 fully saturated rings. The summed E-state index contributed by atoms with van der Waals surface area (Å²) in [4.78, 5) is 39.5. The maximum Gasteiger partial charge on any atom is 0.331 e. The number of aryl methyl sites for hydroxylation is 7. The van der Waals surface area contributed by atoms with Gasteiger partial charge in [-0.05, 0) is 212 Å². The summed E-state index contributed by atoms with van der Waals surface area (Å²) in [6, 6.07) is 63.2. The normalized spacial score (nSPS) is 13.6. The molecule has 10 aromatic carbocycles. The number of nitrogens with two attached hydrogens (primary N) is 1. The summed E-state index contributed by atoms with van der Waals surface area (Å²) in [5.74, 6) is 1.34. The van der Waals surface area contributed by atoms with Crippen molar-refractivity contribution in [1.82, 2.24) is 22.9 Å². The Kier molecular flexibility index (Phi) is 43.3. The maximum atomic E-state index is 12.6. The predicted molar refractivity (Wildman–Crippen MR) is 567 cm³/mol. The second-order valence-electron chi connectivity index (χ2n) is 38.4. The second-order valence-corrected chi connectivity index (χ2v) is 62.1. The molecular formula is C100H144ClN13O13S7Si2. The standard InChI is InChI=1S/3C20H27N3O2S.C13H24N2OSSi.C13H23NO2SSi.C7H7ClO2S.C7H9NO2S/c3*1-13(2)17-7-6-8-18(14(3)4)19(17)22-20(24)23-26(21,25)16-11-9-15(5)10-12-16;1-11-7-9-12(10-8-11)17(14,16)15-18(5,6)13(2,3)4;1-11-7-9-12(10-8-11)17(15,16)14-18(5,6)13(2,3)4;2*1-6-2-4-7(5-3-6)11(8,9)10/h3*6-14H,1-5H3,(H3,21,22,23,24,25);7-10H,1-6H3,(H2,14,15,16);7-10,14H,1-6H3;2-5H,1H3;2-5H,1H3,(H2,8,9,10). The van der Waals surface area contributed by atoms with E-state index < -0.39 is 103 Å². The molecule has 26 nitrogen and oxygen atoms in total. The summed E-state index contributed by atoms with van der Waals surface area (Å²) in [6.45, 7) is 59.1. The molecule has 0 aliphatic heterocycles. The van der Waals surface area contributed by atoms with E-state index in [0.29, 0.717) is 9.79 Å². The molecule has 0 aromatic heterocycles. The van der Waals surface area contributed by atoms with Gasteiger partial charge in [0.05, 0.1) is 34.3 Å². The molecule has 10 rings (SSSR count). The fraction of sp³-hybridized carbons (Fsp3) is 0.370. The number of hydrogen-bond donors (Lipinski definition) is 13. The minimum Gasteiger partial charge on any atom is -0.307 e. The third-order valence-electron chi connectivity index (χ3n) is 22.5. The molecule has 0 aliphatic rings. The molecule has 136 heavy (non-hydrogen) atoms. The van der Waals surface area contributed by atoms with Crippen LogP contribution in [0.2, 0.25) is 36.3 Å². The van der Waals surface area contributed by atoms with Crippen LogP contribution in [-0.4, -0.2) is 76.7 Å². The SMILES string of the molecule is Cc1ccc(S(=N)(=O)NC(=O)Nc2c(C(C)C)cccc2C(C)C)cc1.Cc1ccc(S(=N)(=O)NC(=O)Nc2c(C(C)C)cccc2C(C)C)cc1.Cc1ccc(S(=N)(=O)NC(=O)Nc2c(C(C)C)cccc2C(C)C)cc1.Cc1ccc(S(=N)(=O)N[Si](C)(C)C(C)(C)C)cc1.Cc1ccc(S(=O)(=O)Cl)cc1.Cc1ccc(S(=O)(=O)N[Si](C)(C)C(C)(C)C)cc1.Cc1ccc(S(N)(=O)=O)cc1. The number of sulfonamides is 2. The number of primary sulfonamides is 1. The fourth-order valence-electron chi connectivity index (χ4n) is 12.3. The number of anilines is 3. The van der Waals surface area contributed by atoms with Gasteiger partial charge in [0.2, 0.25) is 20.0 Å². The summed E-state index contributed by atoms with van der Waals surface area (Å²) < 4.78 is 163. The lowest BCUT2D eigenvalue weighted by atomic mass is 9.93. The molecule has 10 aromatic rings. The number of para-hydroxylation sites is 3. The Balaban J connectivity index is 0.000000338. The van der Waals surface area contributed by atoms with Crippen LogP contribution in [-0.2, 0) is 68.8 Å². The van der Waals surface area contributed by atoms with Crippen LogP contribution in [0.3, 0.4) is 0 Å². The second kappa shape index (κ2) is 49.7.